The molecule has 2 aliphatic rings. The van der Waals surface area contributed by atoms with E-state index >= 15 is 0 Å². The van der Waals surface area contributed by atoms with Crippen molar-refractivity contribution >= 4 is 86.7 Å². The zero-order valence-corrected chi connectivity index (χ0v) is 21.9. The van der Waals surface area contributed by atoms with E-state index in [4.69, 9.17) is 23.8 Å². The van der Waals surface area contributed by atoms with Crippen LogP contribution in [0.1, 0.15) is 11.1 Å². The number of hydrogen-bond acceptors (Lipinski definition) is 7. The van der Waals surface area contributed by atoms with Gasteiger partial charge >= 0.3 is 0 Å². The molecule has 36 heavy (non-hydrogen) atoms. The summed E-state index contributed by atoms with van der Waals surface area (Å²) in [6.45, 7) is 3.61. The Morgan fingerprint density at radius 1 is 0.972 bits per heavy atom. The second-order valence-electron chi connectivity index (χ2n) is 7.47. The first-order valence-electron chi connectivity index (χ1n) is 10.6. The number of benzene rings is 2. The number of hydrazone groups is 1. The Hall–Kier alpha value is -3.18. The maximum Gasteiger partial charge on any atom is 0.267 e. The lowest BCUT2D eigenvalue weighted by Crippen LogP contribution is -2.39. The van der Waals surface area contributed by atoms with Gasteiger partial charge in [0.1, 0.15) is 10.9 Å². The van der Waals surface area contributed by atoms with Crippen LogP contribution >= 0.6 is 47.3 Å². The molecule has 1 N–H and O–H groups in total. The third kappa shape index (κ3) is 6.14. The van der Waals surface area contributed by atoms with Gasteiger partial charge in [0.05, 0.1) is 9.81 Å². The number of nitrogens with zero attached hydrogens (tertiary/aromatic N) is 3. The molecule has 2 aliphatic heterocycles. The molecule has 0 bridgehead atoms. The van der Waals surface area contributed by atoms with Crippen LogP contribution in [0.25, 0.3) is 12.2 Å². The number of thioether (sulfide) groups is 2. The van der Waals surface area contributed by atoms with Gasteiger partial charge in [-0.2, -0.15) is 0 Å². The second kappa shape index (κ2) is 11.7. The van der Waals surface area contributed by atoms with E-state index in [2.05, 4.69) is 17.1 Å². The fraction of sp³-hybridized carbons (Fsp3) is 0.0800. The van der Waals surface area contributed by atoms with Crippen molar-refractivity contribution in [3.63, 3.8) is 0 Å². The molecule has 3 amide bonds. The van der Waals surface area contributed by atoms with Gasteiger partial charge in [0.15, 0.2) is 5.17 Å². The molecule has 182 valence electrons. The van der Waals surface area contributed by atoms with E-state index in [0.29, 0.717) is 20.0 Å². The molecule has 0 atom stereocenters. The quantitative estimate of drug-likeness (QED) is 0.231. The van der Waals surface area contributed by atoms with Gasteiger partial charge < -0.3 is 0 Å². The van der Waals surface area contributed by atoms with Crippen molar-refractivity contribution in [1.29, 1.82) is 0 Å². The minimum Gasteiger partial charge on any atom is -0.283 e. The standard InChI is InChI=1S/C25H19ClN4O3S3/c1-2-12-29-22(32)19(14-17-8-10-18(26)11-9-17)35-24(29)28-27-21(31)15-30-23(33)20(36-25(30)34)13-16-6-4-3-5-7-16/h2-11,13-14H,1,12,15H2,(H,27,31)/b19-14+,20-13-,28-24-. The third-order valence-electron chi connectivity index (χ3n) is 4.92. The van der Waals surface area contributed by atoms with Gasteiger partial charge in [0.2, 0.25) is 0 Å². The predicted molar refractivity (Wildman–Crippen MR) is 151 cm³/mol. The fourth-order valence-corrected chi connectivity index (χ4v) is 5.55. The number of thiocarbonyl (C=S) groups is 1. The van der Waals surface area contributed by atoms with Gasteiger partial charge in [0.25, 0.3) is 17.7 Å². The van der Waals surface area contributed by atoms with Crippen LogP contribution in [0, 0.1) is 0 Å². The number of nitrogens with one attached hydrogen (secondary N) is 1. The zero-order chi connectivity index (χ0) is 25.7. The van der Waals surface area contributed by atoms with Crippen LogP contribution < -0.4 is 5.43 Å². The number of amides is 3. The maximum absolute atomic E-state index is 12.9. The van der Waals surface area contributed by atoms with Crippen molar-refractivity contribution in [3.8, 4) is 0 Å². The van der Waals surface area contributed by atoms with Gasteiger partial charge in [-0.3, -0.25) is 24.2 Å². The lowest BCUT2D eigenvalue weighted by molar-refractivity contribution is -0.128. The third-order valence-corrected chi connectivity index (χ3v) is 7.55. The van der Waals surface area contributed by atoms with Crippen molar-refractivity contribution in [2.45, 2.75) is 0 Å². The van der Waals surface area contributed by atoms with E-state index in [9.17, 15) is 14.4 Å². The Labute approximate surface area is 226 Å². The molecule has 7 nitrogen and oxygen atoms in total. The first-order chi connectivity index (χ1) is 17.4. The predicted octanol–water partition coefficient (Wildman–Crippen LogP) is 4.73. The molecular weight excluding hydrogens is 536 g/mol. The Kier molecular flexibility index (Phi) is 8.42. The van der Waals surface area contributed by atoms with Gasteiger partial charge in [-0.25, -0.2) is 5.43 Å². The van der Waals surface area contributed by atoms with E-state index in [1.54, 1.807) is 42.5 Å². The molecule has 0 unspecified atom stereocenters. The van der Waals surface area contributed by atoms with Crippen molar-refractivity contribution in [1.82, 2.24) is 15.2 Å². The molecule has 0 aromatic heterocycles. The highest BCUT2D eigenvalue weighted by molar-refractivity contribution is 8.26. The summed E-state index contributed by atoms with van der Waals surface area (Å²) in [7, 11) is 0. The number of carbonyl (C=O) groups is 3. The van der Waals surface area contributed by atoms with Crippen molar-refractivity contribution < 1.29 is 14.4 Å². The van der Waals surface area contributed by atoms with Crippen LogP contribution in [-0.2, 0) is 14.4 Å². The minimum absolute atomic E-state index is 0.220. The highest BCUT2D eigenvalue weighted by atomic mass is 35.5. The van der Waals surface area contributed by atoms with Crippen LogP contribution in [0.15, 0.2) is 82.2 Å². The highest BCUT2D eigenvalue weighted by Gasteiger charge is 2.35. The maximum atomic E-state index is 12.9. The normalized spacial score (nSPS) is 19.1. The molecule has 11 heteroatoms. The Balaban J connectivity index is 1.44. The van der Waals surface area contributed by atoms with Crippen LogP contribution in [0.5, 0.6) is 0 Å². The lowest BCUT2D eigenvalue weighted by atomic mass is 10.2. The molecule has 2 saturated heterocycles. The summed E-state index contributed by atoms with van der Waals surface area (Å²) in [6, 6.07) is 16.4. The largest absolute Gasteiger partial charge is 0.283 e. The van der Waals surface area contributed by atoms with Crippen molar-refractivity contribution in [3.05, 3.63) is 93.2 Å². The molecule has 2 aromatic rings. The van der Waals surface area contributed by atoms with Gasteiger partial charge in [-0.05, 0) is 47.2 Å². The smallest absolute Gasteiger partial charge is 0.267 e. The Morgan fingerprint density at radius 2 is 1.58 bits per heavy atom. The molecule has 0 aliphatic carbocycles. The number of halogens is 1. The number of carbonyl (C=O) groups excluding carboxylic acids is 3. The van der Waals surface area contributed by atoms with E-state index < -0.39 is 5.91 Å². The monoisotopic (exact) mass is 554 g/mol. The summed E-state index contributed by atoms with van der Waals surface area (Å²) >= 11 is 13.5. The van der Waals surface area contributed by atoms with E-state index in [0.717, 1.165) is 34.7 Å². The summed E-state index contributed by atoms with van der Waals surface area (Å²) in [5.41, 5.74) is 4.10. The van der Waals surface area contributed by atoms with Crippen LogP contribution in [0.3, 0.4) is 0 Å². The Morgan fingerprint density at radius 3 is 2.25 bits per heavy atom. The Bertz CT molecular complexity index is 1320. The molecule has 0 spiro atoms. The number of amidine groups is 1. The zero-order valence-electron chi connectivity index (χ0n) is 18.7. The average Bonchev–Trinajstić information content (AvgIpc) is 3.30. The minimum atomic E-state index is -0.540. The van der Waals surface area contributed by atoms with Gasteiger partial charge in [-0.15, -0.1) is 11.7 Å². The van der Waals surface area contributed by atoms with Gasteiger partial charge in [0, 0.05) is 11.6 Å². The number of hydrogen-bond donors (Lipinski definition) is 1. The average molecular weight is 555 g/mol. The summed E-state index contributed by atoms with van der Waals surface area (Å²) in [6.07, 6.45) is 5.03. The fourth-order valence-electron chi connectivity index (χ4n) is 3.22. The summed E-state index contributed by atoms with van der Waals surface area (Å²) < 4.78 is 0.289. The molecule has 0 radical (unpaired) electrons. The molecule has 2 heterocycles. The molecule has 0 saturated carbocycles. The van der Waals surface area contributed by atoms with Crippen LogP contribution in [-0.4, -0.2) is 50.1 Å². The summed E-state index contributed by atoms with van der Waals surface area (Å²) in [5.74, 6) is -1.14. The summed E-state index contributed by atoms with van der Waals surface area (Å²) in [4.78, 5) is 41.8. The van der Waals surface area contributed by atoms with E-state index in [1.165, 1.54) is 9.80 Å². The SMILES string of the molecule is C=CCN1C(=O)/C(=C\c2ccc(Cl)cc2)S/C1=N\NC(=O)CN1C(=O)/C(=C/c2ccccc2)SC1=S. The molecule has 4 rings (SSSR count). The second-order valence-corrected chi connectivity index (χ2v) is 10.6. The topological polar surface area (TPSA) is 82.1 Å². The number of rotatable bonds is 7. The summed E-state index contributed by atoms with van der Waals surface area (Å²) in [5, 5.41) is 5.02. The van der Waals surface area contributed by atoms with Crippen molar-refractivity contribution in [2.75, 3.05) is 13.1 Å². The molecular formula is C25H19ClN4O3S3. The first kappa shape index (κ1) is 25.9. The van der Waals surface area contributed by atoms with Crippen LogP contribution in [0.2, 0.25) is 5.02 Å². The first-order valence-corrected chi connectivity index (χ1v) is 13.0. The van der Waals surface area contributed by atoms with E-state index in [1.807, 2.05) is 30.3 Å². The lowest BCUT2D eigenvalue weighted by Gasteiger charge is -2.14. The van der Waals surface area contributed by atoms with E-state index in [-0.39, 0.29) is 29.2 Å². The van der Waals surface area contributed by atoms with Gasteiger partial charge in [-0.1, -0.05) is 84.1 Å². The van der Waals surface area contributed by atoms with Crippen LogP contribution in [0.4, 0.5) is 0 Å². The molecule has 2 fully saturated rings. The highest BCUT2D eigenvalue weighted by Crippen LogP contribution is 2.33. The van der Waals surface area contributed by atoms with Crippen molar-refractivity contribution in [2.24, 2.45) is 5.10 Å². The molecule has 2 aromatic carbocycles.